The van der Waals surface area contributed by atoms with Gasteiger partial charge >= 0.3 is 0 Å². The highest BCUT2D eigenvalue weighted by molar-refractivity contribution is 6.30. The van der Waals surface area contributed by atoms with Crippen LogP contribution in [0.15, 0.2) is 30.5 Å². The number of hydrogen-bond donors (Lipinski definition) is 2. The quantitative estimate of drug-likeness (QED) is 0.840. The molecule has 1 aromatic carbocycles. The van der Waals surface area contributed by atoms with Gasteiger partial charge in [-0.1, -0.05) is 11.6 Å². The van der Waals surface area contributed by atoms with Gasteiger partial charge in [0.25, 0.3) is 11.8 Å². The summed E-state index contributed by atoms with van der Waals surface area (Å²) in [6.07, 6.45) is 1.22. The van der Waals surface area contributed by atoms with E-state index in [-0.39, 0.29) is 22.0 Å². The maximum atomic E-state index is 13.8. The number of carbonyl (C=O) groups is 2. The average molecular weight is 338 g/mol. The van der Waals surface area contributed by atoms with E-state index < -0.39 is 17.6 Å². The zero-order chi connectivity index (χ0) is 17.0. The van der Waals surface area contributed by atoms with Crippen molar-refractivity contribution in [3.8, 4) is 5.75 Å². The second-order valence-electron chi connectivity index (χ2n) is 4.43. The molecule has 2 aromatic rings. The van der Waals surface area contributed by atoms with Gasteiger partial charge in [0.1, 0.15) is 16.7 Å². The fourth-order valence-electron chi connectivity index (χ4n) is 1.84. The first-order valence-corrected chi connectivity index (χ1v) is 6.86. The third-order valence-electron chi connectivity index (χ3n) is 3.01. The van der Waals surface area contributed by atoms with Gasteiger partial charge in [-0.3, -0.25) is 9.59 Å². The molecule has 0 saturated heterocycles. The van der Waals surface area contributed by atoms with Crippen LogP contribution >= 0.6 is 11.6 Å². The maximum absolute atomic E-state index is 13.8. The van der Waals surface area contributed by atoms with Gasteiger partial charge in [-0.05, 0) is 24.3 Å². The molecule has 0 saturated carbocycles. The van der Waals surface area contributed by atoms with Gasteiger partial charge in [0.05, 0.1) is 23.9 Å². The summed E-state index contributed by atoms with van der Waals surface area (Å²) in [5.41, 5.74) is 0.00488. The van der Waals surface area contributed by atoms with Crippen LogP contribution in [0.3, 0.4) is 0 Å². The summed E-state index contributed by atoms with van der Waals surface area (Å²) in [5, 5.41) is 4.95. The summed E-state index contributed by atoms with van der Waals surface area (Å²) in [5.74, 6) is -1.59. The van der Waals surface area contributed by atoms with Crippen molar-refractivity contribution >= 4 is 29.1 Å². The Morgan fingerprint density at radius 3 is 2.61 bits per heavy atom. The molecule has 0 spiro atoms. The number of pyridine rings is 1. The topological polar surface area (TPSA) is 80.3 Å². The Balaban J connectivity index is 2.37. The number of nitrogens with one attached hydrogen (secondary N) is 2. The van der Waals surface area contributed by atoms with Gasteiger partial charge in [0.2, 0.25) is 0 Å². The third-order valence-corrected chi connectivity index (χ3v) is 3.22. The lowest BCUT2D eigenvalue weighted by atomic mass is 10.1. The Morgan fingerprint density at radius 1 is 1.22 bits per heavy atom. The van der Waals surface area contributed by atoms with Crippen LogP contribution in [0.2, 0.25) is 5.15 Å². The van der Waals surface area contributed by atoms with E-state index >= 15 is 0 Å². The lowest BCUT2D eigenvalue weighted by molar-refractivity contribution is 0.0963. The predicted molar refractivity (Wildman–Crippen MR) is 83.5 cm³/mol. The smallest absolute Gasteiger partial charge is 0.258 e. The zero-order valence-electron chi connectivity index (χ0n) is 12.3. The molecule has 0 radical (unpaired) electrons. The number of halogens is 2. The van der Waals surface area contributed by atoms with Crippen LogP contribution in [0.5, 0.6) is 5.75 Å². The van der Waals surface area contributed by atoms with Crippen molar-refractivity contribution in [2.45, 2.75) is 0 Å². The van der Waals surface area contributed by atoms with Crippen LogP contribution < -0.4 is 15.4 Å². The van der Waals surface area contributed by atoms with Crippen LogP contribution in [0.4, 0.5) is 10.1 Å². The van der Waals surface area contributed by atoms with E-state index in [1.54, 1.807) is 0 Å². The molecular weight excluding hydrogens is 325 g/mol. The SMILES string of the molecule is CNC(=O)c1cnc(Cl)cc1NC(=O)c1cc(OC)ccc1F. The van der Waals surface area contributed by atoms with Crippen LogP contribution in [-0.4, -0.2) is 31.0 Å². The van der Waals surface area contributed by atoms with Gasteiger partial charge in [0, 0.05) is 13.2 Å². The molecule has 8 heteroatoms. The number of hydrogen-bond acceptors (Lipinski definition) is 4. The van der Waals surface area contributed by atoms with Gasteiger partial charge in [-0.2, -0.15) is 0 Å². The number of amides is 2. The highest BCUT2D eigenvalue weighted by Gasteiger charge is 2.17. The minimum atomic E-state index is -0.742. The number of methoxy groups -OCH3 is 1. The van der Waals surface area contributed by atoms with Gasteiger partial charge < -0.3 is 15.4 Å². The van der Waals surface area contributed by atoms with Gasteiger partial charge in [0.15, 0.2) is 0 Å². The molecule has 1 aromatic heterocycles. The number of nitrogens with zero attached hydrogens (tertiary/aromatic N) is 1. The van der Waals surface area contributed by atoms with Gasteiger partial charge in [-0.25, -0.2) is 9.37 Å². The maximum Gasteiger partial charge on any atom is 0.258 e. The zero-order valence-corrected chi connectivity index (χ0v) is 13.1. The molecule has 6 nitrogen and oxygen atoms in total. The van der Waals surface area contributed by atoms with Crippen molar-refractivity contribution in [3.05, 3.63) is 52.6 Å². The van der Waals surface area contributed by atoms with E-state index in [4.69, 9.17) is 16.3 Å². The number of rotatable bonds is 4. The summed E-state index contributed by atoms with van der Waals surface area (Å²) in [6, 6.07) is 5.08. The lowest BCUT2D eigenvalue weighted by Crippen LogP contribution is -2.22. The minimum Gasteiger partial charge on any atom is -0.497 e. The van der Waals surface area contributed by atoms with E-state index in [2.05, 4.69) is 15.6 Å². The molecule has 0 atom stereocenters. The summed E-state index contributed by atoms with van der Waals surface area (Å²) in [4.78, 5) is 27.9. The monoisotopic (exact) mass is 337 g/mol. The molecule has 2 amide bonds. The summed E-state index contributed by atoms with van der Waals surface area (Å²) in [6.45, 7) is 0. The first kappa shape index (κ1) is 16.7. The van der Waals surface area contributed by atoms with Crippen LogP contribution in [0.1, 0.15) is 20.7 Å². The Labute approximate surface area is 136 Å². The number of anilines is 1. The van der Waals surface area contributed by atoms with Crippen LogP contribution in [0.25, 0.3) is 0 Å². The number of carbonyl (C=O) groups excluding carboxylic acids is 2. The molecule has 120 valence electrons. The van der Waals surface area contributed by atoms with Gasteiger partial charge in [-0.15, -0.1) is 0 Å². The molecule has 0 aliphatic carbocycles. The van der Waals surface area contributed by atoms with Crippen molar-refractivity contribution in [2.24, 2.45) is 0 Å². The second-order valence-corrected chi connectivity index (χ2v) is 4.82. The van der Waals surface area contributed by atoms with Crippen molar-refractivity contribution in [1.29, 1.82) is 0 Å². The normalized spacial score (nSPS) is 10.1. The van der Waals surface area contributed by atoms with Crippen LogP contribution in [-0.2, 0) is 0 Å². The fourth-order valence-corrected chi connectivity index (χ4v) is 2.00. The highest BCUT2D eigenvalue weighted by atomic mass is 35.5. The van der Waals surface area contributed by atoms with E-state index in [9.17, 15) is 14.0 Å². The van der Waals surface area contributed by atoms with E-state index in [0.717, 1.165) is 6.07 Å². The molecule has 2 rings (SSSR count). The Hall–Kier alpha value is -2.67. The van der Waals surface area contributed by atoms with Crippen molar-refractivity contribution in [3.63, 3.8) is 0 Å². The second kappa shape index (κ2) is 7.06. The predicted octanol–water partition coefficient (Wildman–Crippen LogP) is 2.49. The minimum absolute atomic E-state index is 0.0825. The molecule has 0 fully saturated rings. The number of benzene rings is 1. The van der Waals surface area contributed by atoms with Crippen LogP contribution in [0, 0.1) is 5.82 Å². The molecule has 23 heavy (non-hydrogen) atoms. The van der Waals surface area contributed by atoms with Crippen molar-refractivity contribution in [2.75, 3.05) is 19.5 Å². The molecule has 0 unspecified atom stereocenters. The van der Waals surface area contributed by atoms with Crippen molar-refractivity contribution < 1.29 is 18.7 Å². The molecular formula is C15H13ClFN3O3. The first-order chi connectivity index (χ1) is 11.0. The molecule has 0 aliphatic heterocycles. The molecule has 2 N–H and O–H groups in total. The summed E-state index contributed by atoms with van der Waals surface area (Å²) < 4.78 is 18.8. The van der Waals surface area contributed by atoms with E-state index in [0.29, 0.717) is 5.75 Å². The molecule has 1 heterocycles. The Bertz CT molecular complexity index is 768. The van der Waals surface area contributed by atoms with E-state index in [1.165, 1.54) is 38.6 Å². The molecule has 0 aliphatic rings. The lowest BCUT2D eigenvalue weighted by Gasteiger charge is -2.11. The average Bonchev–Trinajstić information content (AvgIpc) is 2.54. The Morgan fingerprint density at radius 2 is 1.96 bits per heavy atom. The van der Waals surface area contributed by atoms with Crippen molar-refractivity contribution in [1.82, 2.24) is 10.3 Å². The fraction of sp³-hybridized carbons (Fsp3) is 0.133. The third kappa shape index (κ3) is 3.75. The first-order valence-electron chi connectivity index (χ1n) is 6.48. The van der Waals surface area contributed by atoms with E-state index in [1.807, 2.05) is 0 Å². The number of ether oxygens (including phenoxy) is 1. The summed E-state index contributed by atoms with van der Waals surface area (Å²) >= 11 is 5.78. The Kier molecular flexibility index (Phi) is 5.13. The largest absolute Gasteiger partial charge is 0.497 e. The molecule has 0 bridgehead atoms. The standard InChI is InChI=1S/C15H13ClFN3O3/c1-18-14(21)10-7-19-13(16)6-12(10)20-15(22)9-5-8(23-2)3-4-11(9)17/h3-7H,1-2H3,(H,18,21)(H,19,20,22). The summed E-state index contributed by atoms with van der Waals surface area (Å²) in [7, 11) is 2.84. The number of aromatic nitrogens is 1. The highest BCUT2D eigenvalue weighted by Crippen LogP contribution is 2.22.